The zero-order valence-corrected chi connectivity index (χ0v) is 11.2. The van der Waals surface area contributed by atoms with Gasteiger partial charge in [0, 0.05) is 5.69 Å². The first kappa shape index (κ1) is 12.7. The molecule has 0 aromatic heterocycles. The predicted octanol–water partition coefficient (Wildman–Crippen LogP) is 3.99. The number of rotatable bonds is 4. The molecular weight excluding hydrogens is 246 g/mol. The fourth-order valence-corrected chi connectivity index (χ4v) is 2.51. The molecule has 0 saturated heterocycles. The molecule has 3 rings (SSSR count). The lowest BCUT2D eigenvalue weighted by molar-refractivity contribution is 0.277. The lowest BCUT2D eigenvalue weighted by Gasteiger charge is -2.20. The van der Waals surface area contributed by atoms with Crippen molar-refractivity contribution in [1.82, 2.24) is 0 Å². The molecule has 0 fully saturated rings. The second-order valence-corrected chi connectivity index (χ2v) is 4.81. The minimum Gasteiger partial charge on any atom is -0.394 e. The molecule has 0 amide bonds. The third-order valence-corrected chi connectivity index (χ3v) is 3.50. The molecule has 2 N–H and O–H groups in total. The maximum absolute atomic E-state index is 9.74. The fraction of sp³-hybridized carbons (Fsp3) is 0.111. The van der Waals surface area contributed by atoms with Crippen LogP contribution >= 0.6 is 0 Å². The summed E-state index contributed by atoms with van der Waals surface area (Å²) in [4.78, 5) is 0. The Morgan fingerprint density at radius 3 is 2.30 bits per heavy atom. The number of aliphatic hydroxyl groups is 1. The van der Waals surface area contributed by atoms with E-state index in [2.05, 4.69) is 29.6 Å². The second-order valence-electron chi connectivity index (χ2n) is 4.81. The van der Waals surface area contributed by atoms with E-state index in [1.54, 1.807) is 0 Å². The third-order valence-electron chi connectivity index (χ3n) is 3.50. The highest BCUT2D eigenvalue weighted by molar-refractivity contribution is 5.86. The fourth-order valence-electron chi connectivity index (χ4n) is 2.51. The zero-order valence-electron chi connectivity index (χ0n) is 11.2. The van der Waals surface area contributed by atoms with Crippen LogP contribution in [0.5, 0.6) is 0 Å². The number of aliphatic hydroxyl groups excluding tert-OH is 1. The van der Waals surface area contributed by atoms with Crippen LogP contribution in [-0.4, -0.2) is 11.7 Å². The van der Waals surface area contributed by atoms with Crippen molar-refractivity contribution >= 4 is 16.5 Å². The second kappa shape index (κ2) is 5.76. The molecule has 2 nitrogen and oxygen atoms in total. The average Bonchev–Trinajstić information content (AvgIpc) is 2.53. The Kier molecular flexibility index (Phi) is 3.66. The van der Waals surface area contributed by atoms with Crippen molar-refractivity contribution in [2.75, 3.05) is 11.9 Å². The number of hydrogen-bond donors (Lipinski definition) is 2. The van der Waals surface area contributed by atoms with Crippen LogP contribution in [-0.2, 0) is 0 Å². The molecule has 100 valence electrons. The van der Waals surface area contributed by atoms with Crippen molar-refractivity contribution in [3.05, 3.63) is 78.4 Å². The Morgan fingerprint density at radius 1 is 0.800 bits per heavy atom. The van der Waals surface area contributed by atoms with Crippen molar-refractivity contribution in [1.29, 1.82) is 0 Å². The van der Waals surface area contributed by atoms with E-state index < -0.39 is 0 Å². The Morgan fingerprint density at radius 2 is 1.50 bits per heavy atom. The van der Waals surface area contributed by atoms with Crippen LogP contribution in [0.15, 0.2) is 72.8 Å². The smallest absolute Gasteiger partial charge is 0.0751 e. The number of anilines is 1. The van der Waals surface area contributed by atoms with Gasteiger partial charge in [-0.1, -0.05) is 60.7 Å². The zero-order chi connectivity index (χ0) is 13.8. The van der Waals surface area contributed by atoms with Crippen molar-refractivity contribution < 1.29 is 5.11 Å². The summed E-state index contributed by atoms with van der Waals surface area (Å²) in [5.74, 6) is 0. The molecule has 0 bridgehead atoms. The van der Waals surface area contributed by atoms with E-state index in [1.807, 2.05) is 48.5 Å². The van der Waals surface area contributed by atoms with E-state index in [1.165, 1.54) is 10.8 Å². The van der Waals surface area contributed by atoms with Gasteiger partial charge in [0.25, 0.3) is 0 Å². The van der Waals surface area contributed by atoms with Gasteiger partial charge in [0.05, 0.1) is 12.6 Å². The van der Waals surface area contributed by atoms with Crippen LogP contribution in [0.3, 0.4) is 0 Å². The van der Waals surface area contributed by atoms with Crippen molar-refractivity contribution in [3.8, 4) is 0 Å². The van der Waals surface area contributed by atoms with Gasteiger partial charge >= 0.3 is 0 Å². The van der Waals surface area contributed by atoms with E-state index in [0.717, 1.165) is 11.3 Å². The molecule has 20 heavy (non-hydrogen) atoms. The minimum absolute atomic E-state index is 0.0584. The van der Waals surface area contributed by atoms with Gasteiger partial charge in [-0.3, -0.25) is 0 Å². The molecule has 3 aromatic carbocycles. The number of fused-ring (bicyclic) bond motifs is 1. The average molecular weight is 263 g/mol. The maximum atomic E-state index is 9.74. The SMILES string of the molecule is OCC(Nc1ccccc1)c1cccc2ccccc12. The summed E-state index contributed by atoms with van der Waals surface area (Å²) in [6.07, 6.45) is 0. The van der Waals surface area contributed by atoms with Crippen LogP contribution in [0.1, 0.15) is 11.6 Å². The van der Waals surface area contributed by atoms with Crippen molar-refractivity contribution in [3.63, 3.8) is 0 Å². The van der Waals surface area contributed by atoms with Gasteiger partial charge in [-0.2, -0.15) is 0 Å². The molecule has 0 saturated carbocycles. The van der Waals surface area contributed by atoms with E-state index in [4.69, 9.17) is 0 Å². The van der Waals surface area contributed by atoms with Gasteiger partial charge in [0.15, 0.2) is 0 Å². The molecule has 0 aliphatic rings. The first-order valence-electron chi connectivity index (χ1n) is 6.78. The van der Waals surface area contributed by atoms with Crippen LogP contribution < -0.4 is 5.32 Å². The van der Waals surface area contributed by atoms with Gasteiger partial charge in [-0.25, -0.2) is 0 Å². The van der Waals surface area contributed by atoms with Crippen LogP contribution in [0, 0.1) is 0 Å². The first-order chi connectivity index (χ1) is 9.88. The summed E-state index contributed by atoms with van der Waals surface area (Å²) in [7, 11) is 0. The van der Waals surface area contributed by atoms with E-state index >= 15 is 0 Å². The largest absolute Gasteiger partial charge is 0.394 e. The maximum Gasteiger partial charge on any atom is 0.0751 e. The Bertz CT molecular complexity index is 689. The third kappa shape index (κ3) is 2.51. The van der Waals surface area contributed by atoms with Crippen molar-refractivity contribution in [2.24, 2.45) is 0 Å². The summed E-state index contributed by atoms with van der Waals surface area (Å²) < 4.78 is 0. The topological polar surface area (TPSA) is 32.3 Å². The van der Waals surface area contributed by atoms with Gasteiger partial charge in [-0.15, -0.1) is 0 Å². The predicted molar refractivity (Wildman–Crippen MR) is 83.8 cm³/mol. The first-order valence-corrected chi connectivity index (χ1v) is 6.78. The highest BCUT2D eigenvalue weighted by atomic mass is 16.3. The number of para-hydroxylation sites is 1. The quantitative estimate of drug-likeness (QED) is 0.746. The van der Waals surface area contributed by atoms with Gasteiger partial charge in [-0.05, 0) is 28.5 Å². The van der Waals surface area contributed by atoms with Crippen LogP contribution in [0.2, 0.25) is 0 Å². The molecule has 2 heteroatoms. The lowest BCUT2D eigenvalue weighted by Crippen LogP contribution is -2.15. The summed E-state index contributed by atoms with van der Waals surface area (Å²) >= 11 is 0. The van der Waals surface area contributed by atoms with Crippen molar-refractivity contribution in [2.45, 2.75) is 6.04 Å². The molecule has 3 aromatic rings. The number of benzene rings is 3. The van der Waals surface area contributed by atoms with Crippen LogP contribution in [0.25, 0.3) is 10.8 Å². The molecule has 1 unspecified atom stereocenters. The molecule has 1 atom stereocenters. The molecular formula is C18H17NO. The van der Waals surface area contributed by atoms with Gasteiger partial charge in [0.1, 0.15) is 0 Å². The summed E-state index contributed by atoms with van der Waals surface area (Å²) in [6.45, 7) is 0.0584. The number of hydrogen-bond acceptors (Lipinski definition) is 2. The molecule has 0 radical (unpaired) electrons. The van der Waals surface area contributed by atoms with E-state index in [9.17, 15) is 5.11 Å². The Balaban J connectivity index is 1.99. The summed E-state index contributed by atoms with van der Waals surface area (Å²) in [5, 5.41) is 15.5. The van der Waals surface area contributed by atoms with Gasteiger partial charge < -0.3 is 10.4 Å². The highest BCUT2D eigenvalue weighted by Crippen LogP contribution is 2.26. The molecule has 0 heterocycles. The Hall–Kier alpha value is -2.32. The summed E-state index contributed by atoms with van der Waals surface area (Å²) in [6, 6.07) is 24.3. The van der Waals surface area contributed by atoms with E-state index in [-0.39, 0.29) is 12.6 Å². The molecule has 0 aliphatic carbocycles. The minimum atomic E-state index is -0.108. The lowest BCUT2D eigenvalue weighted by atomic mass is 9.99. The Labute approximate surface area is 118 Å². The van der Waals surface area contributed by atoms with Crippen LogP contribution in [0.4, 0.5) is 5.69 Å². The monoisotopic (exact) mass is 263 g/mol. The highest BCUT2D eigenvalue weighted by Gasteiger charge is 2.12. The summed E-state index contributed by atoms with van der Waals surface area (Å²) in [5.41, 5.74) is 2.13. The van der Waals surface area contributed by atoms with E-state index in [0.29, 0.717) is 0 Å². The van der Waals surface area contributed by atoms with Gasteiger partial charge in [0.2, 0.25) is 0 Å². The normalized spacial score (nSPS) is 12.2. The standard InChI is InChI=1S/C18H17NO/c20-13-18(19-15-9-2-1-3-10-15)17-12-6-8-14-7-4-5-11-16(14)17/h1-12,18-20H,13H2. The molecule has 0 aliphatic heterocycles. The number of nitrogens with one attached hydrogen (secondary N) is 1. The molecule has 0 spiro atoms.